The van der Waals surface area contributed by atoms with Crippen molar-refractivity contribution in [3.63, 3.8) is 0 Å². The third-order valence-corrected chi connectivity index (χ3v) is 3.22. The molecular formula is C14H8N2O. The summed E-state index contributed by atoms with van der Waals surface area (Å²) in [4.78, 5) is 19.3. The van der Waals surface area contributed by atoms with E-state index in [0.717, 1.165) is 32.6 Å². The zero-order valence-corrected chi connectivity index (χ0v) is 8.90. The third-order valence-electron chi connectivity index (χ3n) is 3.22. The number of hydrogen-bond donors (Lipinski definition) is 1. The third kappa shape index (κ3) is 1.00. The van der Waals surface area contributed by atoms with Gasteiger partial charge in [-0.2, -0.15) is 0 Å². The lowest BCUT2D eigenvalue weighted by Crippen LogP contribution is -2.07. The van der Waals surface area contributed by atoms with Gasteiger partial charge < -0.3 is 4.98 Å². The number of rotatable bonds is 0. The van der Waals surface area contributed by atoms with Crippen molar-refractivity contribution in [2.45, 2.75) is 0 Å². The van der Waals surface area contributed by atoms with Crippen molar-refractivity contribution < 1.29 is 0 Å². The molecule has 17 heavy (non-hydrogen) atoms. The topological polar surface area (TPSA) is 45.8 Å². The lowest BCUT2D eigenvalue weighted by atomic mass is 10.0. The van der Waals surface area contributed by atoms with Gasteiger partial charge in [-0.15, -0.1) is 0 Å². The van der Waals surface area contributed by atoms with Crippen molar-refractivity contribution >= 4 is 32.6 Å². The second-order valence-corrected chi connectivity index (χ2v) is 4.18. The fourth-order valence-corrected chi connectivity index (χ4v) is 2.49. The van der Waals surface area contributed by atoms with Crippen LogP contribution in [0.5, 0.6) is 0 Å². The molecule has 0 unspecified atom stereocenters. The molecule has 0 saturated heterocycles. The number of aromatic nitrogens is 2. The van der Waals surface area contributed by atoms with Crippen LogP contribution < -0.4 is 5.56 Å². The van der Waals surface area contributed by atoms with Crippen molar-refractivity contribution in [3.05, 3.63) is 52.9 Å². The first kappa shape index (κ1) is 8.70. The van der Waals surface area contributed by atoms with E-state index >= 15 is 0 Å². The molecule has 0 aliphatic rings. The molecule has 0 bridgehead atoms. The quantitative estimate of drug-likeness (QED) is 0.463. The van der Waals surface area contributed by atoms with Gasteiger partial charge >= 0.3 is 0 Å². The second-order valence-electron chi connectivity index (χ2n) is 4.18. The highest BCUT2D eigenvalue weighted by molar-refractivity contribution is 6.20. The van der Waals surface area contributed by atoms with Crippen molar-refractivity contribution in [3.8, 4) is 0 Å². The van der Waals surface area contributed by atoms with E-state index < -0.39 is 0 Å². The average molecular weight is 220 g/mol. The summed E-state index contributed by atoms with van der Waals surface area (Å²) in [6.45, 7) is 0. The molecule has 2 aromatic heterocycles. The summed E-state index contributed by atoms with van der Waals surface area (Å²) in [5.41, 5.74) is 1.73. The molecule has 1 N–H and O–H groups in total. The van der Waals surface area contributed by atoms with E-state index in [1.807, 2.05) is 42.6 Å². The maximum atomic E-state index is 12.0. The summed E-state index contributed by atoms with van der Waals surface area (Å²) < 4.78 is 0. The number of pyridine rings is 2. The molecule has 3 nitrogen and oxygen atoms in total. The Balaban J connectivity index is 2.55. The number of H-pyrrole nitrogens is 1. The number of nitrogens with one attached hydrogen (secondary N) is 1. The van der Waals surface area contributed by atoms with Crippen LogP contribution in [0.1, 0.15) is 0 Å². The summed E-state index contributed by atoms with van der Waals surface area (Å²) in [7, 11) is 0. The molecule has 4 rings (SSSR count). The van der Waals surface area contributed by atoms with E-state index in [1.165, 1.54) is 0 Å². The van der Waals surface area contributed by atoms with Gasteiger partial charge in [-0.25, -0.2) is 0 Å². The Morgan fingerprint density at radius 3 is 2.82 bits per heavy atom. The highest BCUT2D eigenvalue weighted by atomic mass is 16.1. The van der Waals surface area contributed by atoms with Crippen molar-refractivity contribution in [1.82, 2.24) is 9.97 Å². The van der Waals surface area contributed by atoms with E-state index in [9.17, 15) is 4.79 Å². The monoisotopic (exact) mass is 220 g/mol. The normalized spacial score (nSPS) is 11.8. The van der Waals surface area contributed by atoms with E-state index in [4.69, 9.17) is 0 Å². The highest BCUT2D eigenvalue weighted by Crippen LogP contribution is 2.29. The molecule has 2 heterocycles. The standard InChI is InChI=1S/C14H8N2O/c17-14-9-4-1-3-8-7-15-10-5-2-6-11(16-14)13(10)12(8)9/h1-7H,(H,16,17). The Morgan fingerprint density at radius 1 is 1.00 bits per heavy atom. The van der Waals surface area contributed by atoms with Crippen LogP contribution in [0.15, 0.2) is 47.4 Å². The molecule has 2 aromatic carbocycles. The molecule has 0 radical (unpaired) electrons. The Morgan fingerprint density at radius 2 is 1.88 bits per heavy atom. The first-order chi connectivity index (χ1) is 8.34. The molecule has 0 fully saturated rings. The molecule has 0 amide bonds. The lowest BCUT2D eigenvalue weighted by Gasteiger charge is -2.08. The minimum atomic E-state index is -0.0400. The van der Waals surface area contributed by atoms with Crippen LogP contribution in [0, 0.1) is 0 Å². The SMILES string of the molecule is O=c1[nH]c2cccc3ncc4cccc1c4c32. The van der Waals surface area contributed by atoms with Crippen molar-refractivity contribution in [1.29, 1.82) is 0 Å². The number of hydrogen-bond acceptors (Lipinski definition) is 2. The minimum Gasteiger partial charge on any atom is -0.321 e. The summed E-state index contributed by atoms with van der Waals surface area (Å²) in [5.74, 6) is 0. The fourth-order valence-electron chi connectivity index (χ4n) is 2.49. The Labute approximate surface area is 96.1 Å². The molecule has 3 heteroatoms. The van der Waals surface area contributed by atoms with Gasteiger partial charge in [0.05, 0.1) is 11.0 Å². The first-order valence-corrected chi connectivity index (χ1v) is 5.46. The molecule has 0 aliphatic heterocycles. The molecule has 0 aliphatic carbocycles. The predicted molar refractivity (Wildman–Crippen MR) is 68.6 cm³/mol. The van der Waals surface area contributed by atoms with Gasteiger partial charge in [-0.05, 0) is 18.2 Å². The zero-order chi connectivity index (χ0) is 11.4. The lowest BCUT2D eigenvalue weighted by molar-refractivity contribution is 1.34. The van der Waals surface area contributed by atoms with Gasteiger partial charge in [-0.3, -0.25) is 9.78 Å². The highest BCUT2D eigenvalue weighted by Gasteiger charge is 2.10. The maximum absolute atomic E-state index is 12.0. The molecule has 0 saturated carbocycles. The van der Waals surface area contributed by atoms with Gasteiger partial charge in [0.15, 0.2) is 0 Å². The van der Waals surface area contributed by atoms with Crippen LogP contribution in [0.3, 0.4) is 0 Å². The summed E-state index contributed by atoms with van der Waals surface area (Å²) in [6, 6.07) is 11.5. The van der Waals surface area contributed by atoms with Gasteiger partial charge in [0.1, 0.15) is 0 Å². The van der Waals surface area contributed by atoms with Crippen LogP contribution in [0.25, 0.3) is 32.6 Å². The number of aromatic amines is 1. The van der Waals surface area contributed by atoms with Crippen LogP contribution in [-0.4, -0.2) is 9.97 Å². The van der Waals surface area contributed by atoms with Crippen LogP contribution >= 0.6 is 0 Å². The van der Waals surface area contributed by atoms with Gasteiger partial charge in [0.2, 0.25) is 0 Å². The smallest absolute Gasteiger partial charge is 0.256 e. The predicted octanol–water partition coefficient (Wildman–Crippen LogP) is 2.67. The molecule has 80 valence electrons. The van der Waals surface area contributed by atoms with E-state index in [0.29, 0.717) is 0 Å². The van der Waals surface area contributed by atoms with Crippen molar-refractivity contribution in [2.24, 2.45) is 0 Å². The van der Waals surface area contributed by atoms with E-state index in [-0.39, 0.29) is 5.56 Å². The van der Waals surface area contributed by atoms with E-state index in [2.05, 4.69) is 9.97 Å². The average Bonchev–Trinajstić information content (AvgIpc) is 2.37. The molecular weight excluding hydrogens is 212 g/mol. The minimum absolute atomic E-state index is 0.0400. The van der Waals surface area contributed by atoms with Crippen LogP contribution in [0.2, 0.25) is 0 Å². The van der Waals surface area contributed by atoms with Gasteiger partial charge in [0, 0.05) is 27.7 Å². The summed E-state index contributed by atoms with van der Waals surface area (Å²) in [5, 5.41) is 3.79. The van der Waals surface area contributed by atoms with Crippen molar-refractivity contribution in [2.75, 3.05) is 0 Å². The molecule has 0 atom stereocenters. The summed E-state index contributed by atoms with van der Waals surface area (Å²) >= 11 is 0. The van der Waals surface area contributed by atoms with Crippen LogP contribution in [-0.2, 0) is 0 Å². The first-order valence-electron chi connectivity index (χ1n) is 5.46. The Kier molecular flexibility index (Phi) is 1.45. The Hall–Kier alpha value is -2.42. The van der Waals surface area contributed by atoms with E-state index in [1.54, 1.807) is 0 Å². The Bertz CT molecular complexity index is 908. The maximum Gasteiger partial charge on any atom is 0.256 e. The van der Waals surface area contributed by atoms with Crippen LogP contribution in [0.4, 0.5) is 0 Å². The molecule has 0 spiro atoms. The largest absolute Gasteiger partial charge is 0.321 e. The summed E-state index contributed by atoms with van der Waals surface area (Å²) in [6.07, 6.45) is 1.82. The number of benzene rings is 2. The van der Waals surface area contributed by atoms with Gasteiger partial charge in [-0.1, -0.05) is 18.2 Å². The number of nitrogens with zero attached hydrogens (tertiary/aromatic N) is 1. The fraction of sp³-hybridized carbons (Fsp3) is 0. The second kappa shape index (κ2) is 2.83. The molecule has 4 aromatic rings. The zero-order valence-electron chi connectivity index (χ0n) is 8.90. The van der Waals surface area contributed by atoms with Gasteiger partial charge in [0.25, 0.3) is 5.56 Å².